The predicted octanol–water partition coefficient (Wildman–Crippen LogP) is 3.56. The average molecular weight is 357 g/mol. The number of carbonyl (C=O) groups excluding carboxylic acids is 1. The molecule has 0 bridgehead atoms. The van der Waals surface area contributed by atoms with E-state index in [0.717, 1.165) is 11.4 Å². The number of nitrogens with zero attached hydrogens (tertiary/aromatic N) is 3. The quantitative estimate of drug-likeness (QED) is 0.759. The van der Waals surface area contributed by atoms with Crippen LogP contribution in [0.4, 0.5) is 5.69 Å². The molecule has 1 N–H and O–H groups in total. The smallest absolute Gasteiger partial charge is 0.262 e. The van der Waals surface area contributed by atoms with Crippen LogP contribution in [-0.2, 0) is 4.79 Å². The molecule has 0 saturated carbocycles. The molecule has 128 valence electrons. The van der Waals surface area contributed by atoms with Gasteiger partial charge in [-0.2, -0.15) is 5.10 Å². The zero-order valence-corrected chi connectivity index (χ0v) is 14.6. The van der Waals surface area contributed by atoms with Gasteiger partial charge in [0.2, 0.25) is 0 Å². The number of hydrogen-bond acceptors (Lipinski definition) is 4. The van der Waals surface area contributed by atoms with Crippen molar-refractivity contribution in [3.63, 3.8) is 0 Å². The molecule has 0 aliphatic rings. The van der Waals surface area contributed by atoms with Crippen molar-refractivity contribution in [1.82, 2.24) is 14.8 Å². The SMILES string of the molecule is Cc1cc(C)n(-c2ccc(NC(=O)COc3ccc(Cl)cc3)cn2)n1. The Bertz CT molecular complexity index is 873. The molecule has 1 aromatic carbocycles. The fourth-order valence-electron chi connectivity index (χ4n) is 2.32. The van der Waals surface area contributed by atoms with Crippen LogP contribution in [0, 0.1) is 13.8 Å². The van der Waals surface area contributed by atoms with E-state index in [0.29, 0.717) is 22.3 Å². The molecule has 0 unspecified atom stereocenters. The molecule has 7 heteroatoms. The fraction of sp³-hybridized carbons (Fsp3) is 0.167. The first-order chi connectivity index (χ1) is 12.0. The Morgan fingerprint density at radius 1 is 1.20 bits per heavy atom. The zero-order valence-electron chi connectivity index (χ0n) is 13.9. The van der Waals surface area contributed by atoms with Crippen molar-refractivity contribution in [2.24, 2.45) is 0 Å². The second kappa shape index (κ2) is 7.36. The second-order valence-corrected chi connectivity index (χ2v) is 5.97. The van der Waals surface area contributed by atoms with Gasteiger partial charge < -0.3 is 10.1 Å². The number of rotatable bonds is 5. The Morgan fingerprint density at radius 3 is 2.56 bits per heavy atom. The number of aromatic nitrogens is 3. The van der Waals surface area contributed by atoms with Gasteiger partial charge in [-0.1, -0.05) is 11.6 Å². The molecule has 0 radical (unpaired) electrons. The number of benzene rings is 1. The first kappa shape index (κ1) is 17.0. The maximum Gasteiger partial charge on any atom is 0.262 e. The Morgan fingerprint density at radius 2 is 1.96 bits per heavy atom. The van der Waals surface area contributed by atoms with Crippen LogP contribution in [-0.4, -0.2) is 27.3 Å². The Kier molecular flexibility index (Phi) is 5.00. The fourth-order valence-corrected chi connectivity index (χ4v) is 2.45. The van der Waals surface area contributed by atoms with Gasteiger partial charge in [0.15, 0.2) is 12.4 Å². The van der Waals surface area contributed by atoms with Crippen LogP contribution in [0.3, 0.4) is 0 Å². The Hall–Kier alpha value is -2.86. The second-order valence-electron chi connectivity index (χ2n) is 5.53. The van der Waals surface area contributed by atoms with Gasteiger partial charge in [-0.25, -0.2) is 9.67 Å². The number of aryl methyl sites for hydroxylation is 2. The summed E-state index contributed by atoms with van der Waals surface area (Å²) in [5.41, 5.74) is 2.52. The minimum atomic E-state index is -0.268. The highest BCUT2D eigenvalue weighted by Crippen LogP contribution is 2.16. The summed E-state index contributed by atoms with van der Waals surface area (Å²) in [7, 11) is 0. The minimum absolute atomic E-state index is 0.0964. The molecule has 3 aromatic rings. The number of halogens is 1. The van der Waals surface area contributed by atoms with Gasteiger partial charge in [0.1, 0.15) is 5.75 Å². The van der Waals surface area contributed by atoms with Crippen molar-refractivity contribution in [2.45, 2.75) is 13.8 Å². The summed E-state index contributed by atoms with van der Waals surface area (Å²) in [6.07, 6.45) is 1.59. The third-order valence-electron chi connectivity index (χ3n) is 3.44. The van der Waals surface area contributed by atoms with E-state index >= 15 is 0 Å². The molecule has 0 atom stereocenters. The molecule has 0 fully saturated rings. The third kappa shape index (κ3) is 4.36. The summed E-state index contributed by atoms with van der Waals surface area (Å²) in [5.74, 6) is 1.01. The number of amides is 1. The molecule has 0 aliphatic heterocycles. The summed E-state index contributed by atoms with van der Waals surface area (Å²) in [6.45, 7) is 3.80. The maximum absolute atomic E-state index is 12.0. The summed E-state index contributed by atoms with van der Waals surface area (Å²) in [6, 6.07) is 12.4. The number of carbonyl (C=O) groups is 1. The van der Waals surface area contributed by atoms with Crippen molar-refractivity contribution in [2.75, 3.05) is 11.9 Å². The van der Waals surface area contributed by atoms with Gasteiger partial charge in [0.05, 0.1) is 17.6 Å². The number of anilines is 1. The lowest BCUT2D eigenvalue weighted by molar-refractivity contribution is -0.118. The average Bonchev–Trinajstić information content (AvgIpc) is 2.93. The lowest BCUT2D eigenvalue weighted by atomic mass is 10.3. The molecular weight excluding hydrogens is 340 g/mol. The van der Waals surface area contributed by atoms with E-state index in [2.05, 4.69) is 15.4 Å². The number of pyridine rings is 1. The number of ether oxygens (including phenoxy) is 1. The van der Waals surface area contributed by atoms with Crippen molar-refractivity contribution >= 4 is 23.2 Å². The first-order valence-electron chi connectivity index (χ1n) is 7.69. The van der Waals surface area contributed by atoms with E-state index in [1.54, 1.807) is 47.3 Å². The minimum Gasteiger partial charge on any atom is -0.484 e. The monoisotopic (exact) mass is 356 g/mol. The van der Waals surface area contributed by atoms with E-state index in [1.165, 1.54) is 0 Å². The highest BCUT2D eigenvalue weighted by Gasteiger charge is 2.07. The van der Waals surface area contributed by atoms with Gasteiger partial charge in [0, 0.05) is 10.7 Å². The lowest BCUT2D eigenvalue weighted by Crippen LogP contribution is -2.20. The molecule has 0 spiro atoms. The molecule has 0 aliphatic carbocycles. The highest BCUT2D eigenvalue weighted by molar-refractivity contribution is 6.30. The van der Waals surface area contributed by atoms with Crippen molar-refractivity contribution in [1.29, 1.82) is 0 Å². The van der Waals surface area contributed by atoms with E-state index in [1.807, 2.05) is 19.9 Å². The van der Waals surface area contributed by atoms with Gasteiger partial charge in [-0.05, 0) is 56.3 Å². The van der Waals surface area contributed by atoms with E-state index in [-0.39, 0.29) is 12.5 Å². The topological polar surface area (TPSA) is 69.0 Å². The highest BCUT2D eigenvalue weighted by atomic mass is 35.5. The summed E-state index contributed by atoms with van der Waals surface area (Å²) in [5, 5.41) is 7.73. The van der Waals surface area contributed by atoms with Crippen molar-refractivity contribution < 1.29 is 9.53 Å². The molecule has 3 rings (SSSR count). The van der Waals surface area contributed by atoms with E-state index < -0.39 is 0 Å². The van der Waals surface area contributed by atoms with E-state index in [9.17, 15) is 4.79 Å². The van der Waals surface area contributed by atoms with Gasteiger partial charge in [-0.3, -0.25) is 4.79 Å². The van der Waals surface area contributed by atoms with E-state index in [4.69, 9.17) is 16.3 Å². The van der Waals surface area contributed by atoms with Crippen LogP contribution < -0.4 is 10.1 Å². The molecule has 0 saturated heterocycles. The van der Waals surface area contributed by atoms with Gasteiger partial charge >= 0.3 is 0 Å². The van der Waals surface area contributed by atoms with Crippen LogP contribution in [0.15, 0.2) is 48.7 Å². The standard InChI is InChI=1S/C18H17ClN4O2/c1-12-9-13(2)23(22-12)17-8-5-15(10-20-17)21-18(24)11-25-16-6-3-14(19)4-7-16/h3-10H,11H2,1-2H3,(H,21,24). The zero-order chi connectivity index (χ0) is 17.8. The molecule has 6 nitrogen and oxygen atoms in total. The van der Waals surface area contributed by atoms with Crippen molar-refractivity contribution in [3.05, 3.63) is 65.1 Å². The predicted molar refractivity (Wildman–Crippen MR) is 96.4 cm³/mol. The van der Waals surface area contributed by atoms with Crippen LogP contribution in [0.5, 0.6) is 5.75 Å². The largest absolute Gasteiger partial charge is 0.484 e. The first-order valence-corrected chi connectivity index (χ1v) is 8.07. The van der Waals surface area contributed by atoms with Crippen LogP contribution in [0.1, 0.15) is 11.4 Å². The number of hydrogen-bond donors (Lipinski definition) is 1. The Balaban J connectivity index is 1.58. The third-order valence-corrected chi connectivity index (χ3v) is 3.69. The maximum atomic E-state index is 12.0. The van der Waals surface area contributed by atoms with Gasteiger partial charge in [0.25, 0.3) is 5.91 Å². The molecule has 2 aromatic heterocycles. The normalized spacial score (nSPS) is 10.5. The van der Waals surface area contributed by atoms with Crippen molar-refractivity contribution in [3.8, 4) is 11.6 Å². The van der Waals surface area contributed by atoms with Crippen LogP contribution in [0.2, 0.25) is 5.02 Å². The number of nitrogens with one attached hydrogen (secondary N) is 1. The summed E-state index contributed by atoms with van der Waals surface area (Å²) < 4.78 is 7.16. The molecule has 25 heavy (non-hydrogen) atoms. The lowest BCUT2D eigenvalue weighted by Gasteiger charge is -2.08. The van der Waals surface area contributed by atoms with Crippen LogP contribution >= 0.6 is 11.6 Å². The molecule has 1 amide bonds. The van der Waals surface area contributed by atoms with Crippen LogP contribution in [0.25, 0.3) is 5.82 Å². The molecular formula is C18H17ClN4O2. The van der Waals surface area contributed by atoms with Gasteiger partial charge in [-0.15, -0.1) is 0 Å². The summed E-state index contributed by atoms with van der Waals surface area (Å²) in [4.78, 5) is 16.3. The summed E-state index contributed by atoms with van der Waals surface area (Å²) >= 11 is 5.80. The molecule has 2 heterocycles. The Labute approximate surface area is 150 Å².